The number of rotatable bonds is 1. The van der Waals surface area contributed by atoms with Gasteiger partial charge in [0.25, 0.3) is 0 Å². The lowest BCUT2D eigenvalue weighted by molar-refractivity contribution is -0.131. The fourth-order valence-corrected chi connectivity index (χ4v) is 1.51. The molecule has 2 nitrogen and oxygen atoms in total. The Morgan fingerprint density at radius 2 is 1.93 bits per heavy atom. The number of benzene rings is 1. The lowest BCUT2D eigenvalue weighted by Crippen LogP contribution is -2.00. The first-order chi connectivity index (χ1) is 7.16. The van der Waals surface area contributed by atoms with Crippen LogP contribution in [0.3, 0.4) is 0 Å². The quantitative estimate of drug-likeness (QED) is 0.520. The summed E-state index contributed by atoms with van der Waals surface area (Å²) in [7, 11) is 0. The Morgan fingerprint density at radius 3 is 2.53 bits per heavy atom. The predicted octanol–water partition coefficient (Wildman–Crippen LogP) is 3.30. The van der Waals surface area contributed by atoms with Gasteiger partial charge < -0.3 is 4.74 Å². The summed E-state index contributed by atoms with van der Waals surface area (Å²) in [5, 5.41) is 0. The van der Waals surface area contributed by atoms with Crippen LogP contribution in [0.25, 0.3) is 0 Å². The molecule has 0 amide bonds. The van der Waals surface area contributed by atoms with E-state index in [1.54, 1.807) is 0 Å². The predicted molar refractivity (Wildman–Crippen MR) is 61.2 cm³/mol. The van der Waals surface area contributed by atoms with E-state index in [4.69, 9.17) is 4.74 Å². The molecule has 2 heteroatoms. The summed E-state index contributed by atoms with van der Waals surface area (Å²) in [5.41, 5.74) is 2.29. The van der Waals surface area contributed by atoms with Gasteiger partial charge in [-0.05, 0) is 17.5 Å². The van der Waals surface area contributed by atoms with Crippen LogP contribution in [0.2, 0.25) is 0 Å². The summed E-state index contributed by atoms with van der Waals surface area (Å²) in [6.07, 6.45) is 0.426. The molecule has 15 heavy (non-hydrogen) atoms. The molecule has 0 atom stereocenters. The summed E-state index contributed by atoms with van der Waals surface area (Å²) in [5.74, 6) is 1.09. The molecule has 1 aromatic rings. The van der Waals surface area contributed by atoms with Gasteiger partial charge in [-0.15, -0.1) is 0 Å². The van der Waals surface area contributed by atoms with Crippen LogP contribution in [-0.2, 0) is 11.2 Å². The third kappa shape index (κ3) is 2.58. The van der Waals surface area contributed by atoms with Gasteiger partial charge in [-0.2, -0.15) is 0 Å². The van der Waals surface area contributed by atoms with Gasteiger partial charge in [-0.3, -0.25) is 4.79 Å². The van der Waals surface area contributed by atoms with Gasteiger partial charge in [-0.1, -0.05) is 39.8 Å². The van der Waals surface area contributed by atoms with Gasteiger partial charge in [0.1, 0.15) is 5.75 Å². The second-order valence-corrected chi connectivity index (χ2v) is 3.67. The molecule has 0 aromatic heterocycles. The van der Waals surface area contributed by atoms with E-state index in [0.717, 1.165) is 11.3 Å². The van der Waals surface area contributed by atoms with Gasteiger partial charge in [0, 0.05) is 5.56 Å². The molecule has 1 aliphatic rings. The van der Waals surface area contributed by atoms with E-state index in [1.165, 1.54) is 5.56 Å². The van der Waals surface area contributed by atoms with Crippen LogP contribution in [0.1, 0.15) is 44.7 Å². The zero-order chi connectivity index (χ0) is 11.4. The molecule has 0 spiro atoms. The first-order valence-corrected chi connectivity index (χ1v) is 5.50. The van der Waals surface area contributed by atoms with E-state index >= 15 is 0 Å². The largest absolute Gasteiger partial charge is 0.426 e. The van der Waals surface area contributed by atoms with Gasteiger partial charge in [-0.25, -0.2) is 0 Å². The van der Waals surface area contributed by atoms with E-state index in [-0.39, 0.29) is 5.97 Å². The Labute approximate surface area is 91.3 Å². The van der Waals surface area contributed by atoms with E-state index in [1.807, 2.05) is 26.0 Å². The summed E-state index contributed by atoms with van der Waals surface area (Å²) in [6.45, 7) is 8.28. The van der Waals surface area contributed by atoms with Crippen molar-refractivity contribution in [3.8, 4) is 5.75 Å². The lowest BCUT2D eigenvalue weighted by Gasteiger charge is -2.05. The van der Waals surface area contributed by atoms with Crippen molar-refractivity contribution < 1.29 is 9.53 Å². The Morgan fingerprint density at radius 1 is 1.27 bits per heavy atom. The maximum absolute atomic E-state index is 11.0. The number of carbonyl (C=O) groups excluding carboxylic acids is 1. The number of hydrogen-bond acceptors (Lipinski definition) is 2. The van der Waals surface area contributed by atoms with Crippen LogP contribution in [0.5, 0.6) is 5.75 Å². The van der Waals surface area contributed by atoms with Gasteiger partial charge in [0.05, 0.1) is 6.42 Å². The van der Waals surface area contributed by atoms with Crippen LogP contribution >= 0.6 is 0 Å². The molecule has 1 heterocycles. The summed E-state index contributed by atoms with van der Waals surface area (Å²) in [4.78, 5) is 11.0. The van der Waals surface area contributed by atoms with Crippen molar-refractivity contribution in [2.75, 3.05) is 0 Å². The molecule has 0 radical (unpaired) electrons. The Bertz CT molecular complexity index is 354. The minimum atomic E-state index is -0.143. The van der Waals surface area contributed by atoms with E-state index < -0.39 is 0 Å². The van der Waals surface area contributed by atoms with E-state index in [0.29, 0.717) is 12.3 Å². The minimum absolute atomic E-state index is 0.143. The summed E-state index contributed by atoms with van der Waals surface area (Å²) >= 11 is 0. The van der Waals surface area contributed by atoms with Crippen LogP contribution in [0.15, 0.2) is 18.2 Å². The number of hydrogen-bond donors (Lipinski definition) is 0. The molecule has 0 bridgehead atoms. The fourth-order valence-electron chi connectivity index (χ4n) is 1.51. The maximum atomic E-state index is 11.0. The number of ether oxygens (including phenoxy) is 1. The molecule has 0 aliphatic carbocycles. The lowest BCUT2D eigenvalue weighted by atomic mass is 10.00. The molecule has 0 saturated heterocycles. The third-order valence-corrected chi connectivity index (χ3v) is 2.31. The van der Waals surface area contributed by atoms with Crippen molar-refractivity contribution in [1.82, 2.24) is 0 Å². The minimum Gasteiger partial charge on any atom is -0.426 e. The van der Waals surface area contributed by atoms with Gasteiger partial charge >= 0.3 is 5.97 Å². The highest BCUT2D eigenvalue weighted by molar-refractivity contribution is 5.81. The van der Waals surface area contributed by atoms with Crippen LogP contribution in [0.4, 0.5) is 0 Å². The highest BCUT2D eigenvalue weighted by Gasteiger charge is 2.20. The normalized spacial score (nSPS) is 13.0. The smallest absolute Gasteiger partial charge is 0.315 e. The van der Waals surface area contributed by atoms with Crippen molar-refractivity contribution in [2.24, 2.45) is 0 Å². The number of fused-ring (bicyclic) bond motifs is 1. The molecule has 0 unspecified atom stereocenters. The zero-order valence-corrected chi connectivity index (χ0v) is 9.83. The van der Waals surface area contributed by atoms with Crippen molar-refractivity contribution >= 4 is 5.97 Å². The van der Waals surface area contributed by atoms with Crippen molar-refractivity contribution in [2.45, 2.75) is 40.0 Å². The molecule has 0 N–H and O–H groups in total. The Hall–Kier alpha value is -1.31. The highest BCUT2D eigenvalue weighted by Crippen LogP contribution is 2.28. The Balaban J connectivity index is 0.000000531. The van der Waals surface area contributed by atoms with E-state index in [2.05, 4.69) is 19.9 Å². The molecule has 0 fully saturated rings. The van der Waals surface area contributed by atoms with Crippen molar-refractivity contribution in [3.05, 3.63) is 29.3 Å². The average Bonchev–Trinajstić information content (AvgIpc) is 2.59. The van der Waals surface area contributed by atoms with Crippen molar-refractivity contribution in [3.63, 3.8) is 0 Å². The average molecular weight is 206 g/mol. The standard InChI is InChI=1S/C11H12O2.C2H6/c1-7(2)8-3-4-10-9(5-8)6-11(12)13-10;1-2/h3-5,7H,6H2,1-2H3;1-2H3. The van der Waals surface area contributed by atoms with Gasteiger partial charge in [0.2, 0.25) is 0 Å². The molecule has 2 rings (SSSR count). The number of carbonyl (C=O) groups is 1. The monoisotopic (exact) mass is 206 g/mol. The van der Waals surface area contributed by atoms with Crippen molar-refractivity contribution in [1.29, 1.82) is 0 Å². The van der Waals surface area contributed by atoms with Crippen LogP contribution in [0, 0.1) is 0 Å². The SMILES string of the molecule is CC.CC(C)c1ccc2c(c1)CC(=O)O2. The highest BCUT2D eigenvalue weighted by atomic mass is 16.5. The van der Waals surface area contributed by atoms with Crippen LogP contribution in [-0.4, -0.2) is 5.97 Å². The summed E-state index contributed by atoms with van der Waals surface area (Å²) in [6, 6.07) is 5.96. The first-order valence-electron chi connectivity index (χ1n) is 5.50. The molecular formula is C13H18O2. The second-order valence-electron chi connectivity index (χ2n) is 3.67. The molecule has 82 valence electrons. The molecule has 1 aliphatic heterocycles. The van der Waals surface area contributed by atoms with E-state index in [9.17, 15) is 4.79 Å². The number of esters is 1. The first kappa shape index (κ1) is 11.8. The third-order valence-electron chi connectivity index (χ3n) is 2.31. The maximum Gasteiger partial charge on any atom is 0.315 e. The second kappa shape index (κ2) is 4.96. The fraction of sp³-hybridized carbons (Fsp3) is 0.462. The topological polar surface area (TPSA) is 26.3 Å². The molecule has 1 aromatic carbocycles. The zero-order valence-electron chi connectivity index (χ0n) is 9.83. The molecular weight excluding hydrogens is 188 g/mol. The molecule has 0 saturated carbocycles. The van der Waals surface area contributed by atoms with Gasteiger partial charge in [0.15, 0.2) is 0 Å². The Kier molecular flexibility index (Phi) is 3.89. The summed E-state index contributed by atoms with van der Waals surface area (Å²) < 4.78 is 5.00. The van der Waals surface area contributed by atoms with Crippen LogP contribution < -0.4 is 4.74 Å².